The van der Waals surface area contributed by atoms with E-state index in [0.717, 1.165) is 25.1 Å². The first-order valence-corrected chi connectivity index (χ1v) is 5.29. The predicted molar refractivity (Wildman–Crippen MR) is 58.5 cm³/mol. The molecule has 82 valence electrons. The summed E-state index contributed by atoms with van der Waals surface area (Å²) in [7, 11) is 1.70. The van der Waals surface area contributed by atoms with Gasteiger partial charge in [0, 0.05) is 13.7 Å². The lowest BCUT2D eigenvalue weighted by molar-refractivity contribution is 0.183. The molecule has 1 aliphatic heterocycles. The first kappa shape index (κ1) is 10.6. The largest absolute Gasteiger partial charge is 0.392 e. The number of aliphatic hydroxyl groups excluding tert-OH is 1. The fraction of sp³-hybridized carbons (Fsp3) is 0.500. The van der Waals surface area contributed by atoms with Gasteiger partial charge in [-0.2, -0.15) is 0 Å². The number of ether oxygens (including phenoxy) is 1. The summed E-state index contributed by atoms with van der Waals surface area (Å²) in [4.78, 5) is 0. The standard InChI is InChI=1S/C12H17NO2/c1-15-8-11-5-9(7-14)4-10-2-3-13-6-12(10)11/h4-5,13-14H,2-3,6-8H2,1H3. The van der Waals surface area contributed by atoms with Crippen molar-refractivity contribution < 1.29 is 9.84 Å². The first-order chi connectivity index (χ1) is 7.35. The normalized spacial score (nSPS) is 15.1. The molecule has 3 nitrogen and oxygen atoms in total. The van der Waals surface area contributed by atoms with Crippen molar-refractivity contribution in [2.45, 2.75) is 26.2 Å². The van der Waals surface area contributed by atoms with E-state index in [1.165, 1.54) is 16.7 Å². The van der Waals surface area contributed by atoms with Crippen LogP contribution in [0.3, 0.4) is 0 Å². The van der Waals surface area contributed by atoms with Gasteiger partial charge < -0.3 is 15.2 Å². The van der Waals surface area contributed by atoms with Gasteiger partial charge in [-0.25, -0.2) is 0 Å². The maximum Gasteiger partial charge on any atom is 0.0716 e. The van der Waals surface area contributed by atoms with E-state index >= 15 is 0 Å². The SMILES string of the molecule is COCc1cc(CO)cc2c1CNCC2. The molecule has 0 saturated heterocycles. The van der Waals surface area contributed by atoms with Gasteiger partial charge >= 0.3 is 0 Å². The summed E-state index contributed by atoms with van der Waals surface area (Å²) in [5.74, 6) is 0. The highest BCUT2D eigenvalue weighted by Gasteiger charge is 2.13. The molecule has 2 rings (SSSR count). The van der Waals surface area contributed by atoms with Gasteiger partial charge in [0.2, 0.25) is 0 Å². The summed E-state index contributed by atoms with van der Waals surface area (Å²) < 4.78 is 5.18. The molecule has 15 heavy (non-hydrogen) atoms. The molecular formula is C12H17NO2. The zero-order chi connectivity index (χ0) is 10.7. The van der Waals surface area contributed by atoms with E-state index in [4.69, 9.17) is 4.74 Å². The monoisotopic (exact) mass is 207 g/mol. The summed E-state index contributed by atoms with van der Waals surface area (Å²) in [6.07, 6.45) is 1.04. The third kappa shape index (κ3) is 2.20. The molecule has 1 aromatic carbocycles. The van der Waals surface area contributed by atoms with E-state index < -0.39 is 0 Å². The summed E-state index contributed by atoms with van der Waals surface area (Å²) in [6, 6.07) is 4.14. The van der Waals surface area contributed by atoms with Crippen LogP contribution in [0.4, 0.5) is 0 Å². The van der Waals surface area contributed by atoms with Gasteiger partial charge in [0.15, 0.2) is 0 Å². The highest BCUT2D eigenvalue weighted by molar-refractivity contribution is 5.40. The summed E-state index contributed by atoms with van der Waals surface area (Å²) in [5, 5.41) is 12.5. The Balaban J connectivity index is 2.41. The molecule has 1 aromatic rings. The average molecular weight is 207 g/mol. The van der Waals surface area contributed by atoms with Gasteiger partial charge in [0.1, 0.15) is 0 Å². The zero-order valence-electron chi connectivity index (χ0n) is 9.05. The molecular weight excluding hydrogens is 190 g/mol. The van der Waals surface area contributed by atoms with Gasteiger partial charge in [0.25, 0.3) is 0 Å². The number of methoxy groups -OCH3 is 1. The van der Waals surface area contributed by atoms with Crippen LogP contribution in [0.25, 0.3) is 0 Å². The minimum atomic E-state index is 0.109. The van der Waals surface area contributed by atoms with Crippen LogP contribution in [-0.2, 0) is 30.9 Å². The molecule has 2 N–H and O–H groups in total. The molecule has 3 heteroatoms. The predicted octanol–water partition coefficient (Wildman–Crippen LogP) is 0.971. The molecule has 0 atom stereocenters. The van der Waals surface area contributed by atoms with Crippen molar-refractivity contribution in [3.05, 3.63) is 34.4 Å². The Morgan fingerprint density at radius 3 is 3.07 bits per heavy atom. The Kier molecular flexibility index (Phi) is 3.36. The van der Waals surface area contributed by atoms with Crippen LogP contribution in [0, 0.1) is 0 Å². The van der Waals surface area contributed by atoms with E-state index in [1.54, 1.807) is 7.11 Å². The van der Waals surface area contributed by atoms with Crippen molar-refractivity contribution in [2.24, 2.45) is 0 Å². The topological polar surface area (TPSA) is 41.5 Å². The minimum absolute atomic E-state index is 0.109. The van der Waals surface area contributed by atoms with Crippen LogP contribution in [0.5, 0.6) is 0 Å². The van der Waals surface area contributed by atoms with Gasteiger partial charge in [0.05, 0.1) is 13.2 Å². The molecule has 0 fully saturated rings. The third-order valence-corrected chi connectivity index (χ3v) is 2.85. The number of fused-ring (bicyclic) bond motifs is 1. The Hall–Kier alpha value is -0.900. The number of nitrogens with one attached hydrogen (secondary N) is 1. The molecule has 0 radical (unpaired) electrons. The Morgan fingerprint density at radius 1 is 1.47 bits per heavy atom. The maximum atomic E-state index is 9.18. The van der Waals surface area contributed by atoms with Crippen molar-refractivity contribution >= 4 is 0 Å². The van der Waals surface area contributed by atoms with Crippen LogP contribution in [0.15, 0.2) is 12.1 Å². The van der Waals surface area contributed by atoms with Crippen LogP contribution in [0.1, 0.15) is 22.3 Å². The van der Waals surface area contributed by atoms with Gasteiger partial charge in [-0.3, -0.25) is 0 Å². The molecule has 0 aliphatic carbocycles. The van der Waals surface area contributed by atoms with Crippen LogP contribution in [-0.4, -0.2) is 18.8 Å². The van der Waals surface area contributed by atoms with Crippen molar-refractivity contribution in [1.29, 1.82) is 0 Å². The lowest BCUT2D eigenvalue weighted by atomic mass is 9.93. The maximum absolute atomic E-state index is 9.18. The van der Waals surface area contributed by atoms with E-state index in [0.29, 0.717) is 6.61 Å². The molecule has 0 aromatic heterocycles. The van der Waals surface area contributed by atoms with Gasteiger partial charge in [-0.15, -0.1) is 0 Å². The Morgan fingerprint density at radius 2 is 2.33 bits per heavy atom. The molecule has 1 aliphatic rings. The Bertz CT molecular complexity index is 350. The third-order valence-electron chi connectivity index (χ3n) is 2.85. The number of hydrogen-bond acceptors (Lipinski definition) is 3. The van der Waals surface area contributed by atoms with E-state index in [2.05, 4.69) is 11.4 Å². The van der Waals surface area contributed by atoms with E-state index in [9.17, 15) is 5.11 Å². The van der Waals surface area contributed by atoms with Crippen molar-refractivity contribution in [1.82, 2.24) is 5.32 Å². The number of benzene rings is 1. The fourth-order valence-corrected chi connectivity index (χ4v) is 2.13. The molecule has 1 heterocycles. The van der Waals surface area contributed by atoms with Crippen molar-refractivity contribution in [2.75, 3.05) is 13.7 Å². The Labute approximate surface area is 90.1 Å². The second kappa shape index (κ2) is 4.75. The molecule has 0 saturated carbocycles. The molecule has 0 spiro atoms. The van der Waals surface area contributed by atoms with E-state index in [1.807, 2.05) is 6.07 Å². The van der Waals surface area contributed by atoms with Gasteiger partial charge in [-0.1, -0.05) is 12.1 Å². The fourth-order valence-electron chi connectivity index (χ4n) is 2.13. The highest BCUT2D eigenvalue weighted by atomic mass is 16.5. The number of hydrogen-bond donors (Lipinski definition) is 2. The van der Waals surface area contributed by atoms with E-state index in [-0.39, 0.29) is 6.61 Å². The van der Waals surface area contributed by atoms with Crippen molar-refractivity contribution in [3.8, 4) is 0 Å². The smallest absolute Gasteiger partial charge is 0.0716 e. The van der Waals surface area contributed by atoms with Crippen LogP contribution in [0.2, 0.25) is 0 Å². The quantitative estimate of drug-likeness (QED) is 0.776. The zero-order valence-corrected chi connectivity index (χ0v) is 9.05. The number of rotatable bonds is 3. The van der Waals surface area contributed by atoms with Crippen LogP contribution < -0.4 is 5.32 Å². The lowest BCUT2D eigenvalue weighted by Gasteiger charge is -2.21. The minimum Gasteiger partial charge on any atom is -0.392 e. The molecule has 0 amide bonds. The molecule has 0 bridgehead atoms. The van der Waals surface area contributed by atoms with Crippen LogP contribution >= 0.6 is 0 Å². The first-order valence-electron chi connectivity index (χ1n) is 5.29. The second-order valence-corrected chi connectivity index (χ2v) is 3.91. The van der Waals surface area contributed by atoms with Gasteiger partial charge in [-0.05, 0) is 35.2 Å². The average Bonchev–Trinajstić information content (AvgIpc) is 2.29. The summed E-state index contributed by atoms with van der Waals surface area (Å²) in [6.45, 7) is 2.67. The second-order valence-electron chi connectivity index (χ2n) is 3.91. The van der Waals surface area contributed by atoms with Crippen molar-refractivity contribution in [3.63, 3.8) is 0 Å². The summed E-state index contributed by atoms with van der Waals surface area (Å²) in [5.41, 5.74) is 4.89. The molecule has 0 unspecified atom stereocenters. The lowest BCUT2D eigenvalue weighted by Crippen LogP contribution is -2.25. The number of aliphatic hydroxyl groups is 1. The highest BCUT2D eigenvalue weighted by Crippen LogP contribution is 2.21. The summed E-state index contributed by atoms with van der Waals surface area (Å²) >= 11 is 0.